The topological polar surface area (TPSA) is 44.9 Å². The Hall–Kier alpha value is -2.28. The molecule has 0 bridgehead atoms. The molecule has 1 aromatic heterocycles. The molecular weight excluding hydrogens is 272 g/mol. The zero-order valence-corrected chi connectivity index (χ0v) is 12.7. The van der Waals surface area contributed by atoms with Gasteiger partial charge in [0.25, 0.3) is 0 Å². The molecule has 0 saturated carbocycles. The molecule has 0 spiro atoms. The monoisotopic (exact) mass is 292 g/mol. The van der Waals surface area contributed by atoms with E-state index in [1.165, 1.54) is 42.8 Å². The van der Waals surface area contributed by atoms with Gasteiger partial charge in [0.1, 0.15) is 0 Å². The highest BCUT2D eigenvalue weighted by Gasteiger charge is 2.27. The fourth-order valence-corrected chi connectivity index (χ4v) is 3.76. The van der Waals surface area contributed by atoms with Crippen LogP contribution in [0.4, 0.5) is 5.69 Å². The molecule has 22 heavy (non-hydrogen) atoms. The van der Waals surface area contributed by atoms with Crippen LogP contribution in [0.2, 0.25) is 0 Å². The van der Waals surface area contributed by atoms with Crippen molar-refractivity contribution in [1.29, 1.82) is 5.26 Å². The van der Waals surface area contributed by atoms with Crippen LogP contribution in [-0.2, 0) is 12.8 Å². The van der Waals surface area contributed by atoms with E-state index in [-0.39, 0.29) is 0 Å². The Morgan fingerprint density at radius 2 is 1.95 bits per heavy atom. The average molecular weight is 292 g/mol. The van der Waals surface area contributed by atoms with E-state index in [1.54, 1.807) is 0 Å². The maximum absolute atomic E-state index is 8.90. The molecule has 1 atom stereocenters. The second kappa shape index (κ2) is 5.49. The average Bonchev–Trinajstić information content (AvgIpc) is 3.21. The number of rotatable bonds is 2. The third-order valence-electron chi connectivity index (χ3n) is 4.98. The number of hydrogen-bond acceptors (Lipinski definition) is 3. The van der Waals surface area contributed by atoms with Gasteiger partial charge in [-0.05, 0) is 56.4 Å². The number of imidazole rings is 1. The number of hydrogen-bond donors (Lipinski definition) is 0. The van der Waals surface area contributed by atoms with E-state index < -0.39 is 0 Å². The van der Waals surface area contributed by atoms with E-state index in [4.69, 9.17) is 5.26 Å². The molecule has 1 aliphatic carbocycles. The lowest BCUT2D eigenvalue weighted by Gasteiger charge is -2.21. The number of aromatic nitrogens is 2. The molecule has 4 rings (SSSR count). The summed E-state index contributed by atoms with van der Waals surface area (Å²) < 4.78 is 2.43. The van der Waals surface area contributed by atoms with Crippen molar-refractivity contribution in [1.82, 2.24) is 9.55 Å². The Bertz CT molecular complexity index is 708. The van der Waals surface area contributed by atoms with E-state index in [9.17, 15) is 0 Å². The van der Waals surface area contributed by atoms with Gasteiger partial charge < -0.3 is 9.47 Å². The van der Waals surface area contributed by atoms with Crippen molar-refractivity contribution < 1.29 is 0 Å². The Labute approximate surface area is 131 Å². The van der Waals surface area contributed by atoms with Crippen LogP contribution >= 0.6 is 0 Å². The zero-order chi connectivity index (χ0) is 14.9. The van der Waals surface area contributed by atoms with Crippen LogP contribution in [0.5, 0.6) is 0 Å². The van der Waals surface area contributed by atoms with Gasteiger partial charge >= 0.3 is 0 Å². The van der Waals surface area contributed by atoms with Crippen molar-refractivity contribution in [2.75, 3.05) is 18.0 Å². The molecule has 0 N–H and O–H groups in total. The van der Waals surface area contributed by atoms with E-state index in [2.05, 4.69) is 39.0 Å². The van der Waals surface area contributed by atoms with E-state index >= 15 is 0 Å². The number of nitrogens with zero attached hydrogens (tertiary/aromatic N) is 4. The molecule has 1 unspecified atom stereocenters. The summed E-state index contributed by atoms with van der Waals surface area (Å²) in [5.74, 6) is 0. The Morgan fingerprint density at radius 1 is 1.14 bits per heavy atom. The molecule has 4 nitrogen and oxygen atoms in total. The minimum atomic E-state index is 0.532. The quantitative estimate of drug-likeness (QED) is 0.854. The number of nitriles is 1. The third-order valence-corrected chi connectivity index (χ3v) is 4.98. The van der Waals surface area contributed by atoms with Gasteiger partial charge in [-0.15, -0.1) is 0 Å². The molecule has 0 radical (unpaired) electrons. The van der Waals surface area contributed by atoms with Crippen LogP contribution in [0.3, 0.4) is 0 Å². The maximum Gasteiger partial charge on any atom is 0.0991 e. The van der Waals surface area contributed by atoms with Gasteiger partial charge in [-0.3, -0.25) is 0 Å². The lowest BCUT2D eigenvalue weighted by molar-refractivity contribution is 0.515. The summed E-state index contributed by atoms with van der Waals surface area (Å²) in [5.41, 5.74) is 4.74. The first kappa shape index (κ1) is 13.4. The molecule has 2 aliphatic rings. The summed E-state index contributed by atoms with van der Waals surface area (Å²) in [5, 5.41) is 8.90. The van der Waals surface area contributed by atoms with Crippen LogP contribution in [0.1, 0.15) is 42.3 Å². The molecule has 1 saturated heterocycles. The second-order valence-electron chi connectivity index (χ2n) is 6.30. The van der Waals surface area contributed by atoms with Gasteiger partial charge in [-0.2, -0.15) is 5.26 Å². The van der Waals surface area contributed by atoms with Crippen molar-refractivity contribution in [2.45, 2.75) is 38.1 Å². The first-order chi connectivity index (χ1) is 10.8. The highest BCUT2D eigenvalue weighted by molar-refractivity contribution is 5.50. The summed E-state index contributed by atoms with van der Waals surface area (Å²) >= 11 is 0. The van der Waals surface area contributed by atoms with Crippen molar-refractivity contribution in [2.24, 2.45) is 0 Å². The molecule has 1 aromatic carbocycles. The minimum Gasteiger partial charge on any atom is -0.369 e. The van der Waals surface area contributed by atoms with Crippen LogP contribution in [-0.4, -0.2) is 22.6 Å². The van der Waals surface area contributed by atoms with E-state index in [1.807, 2.05) is 12.1 Å². The number of anilines is 1. The summed E-state index contributed by atoms with van der Waals surface area (Å²) in [7, 11) is 0. The van der Waals surface area contributed by atoms with E-state index in [0.29, 0.717) is 6.04 Å². The third kappa shape index (κ3) is 2.27. The fraction of sp³-hybridized carbons (Fsp3) is 0.444. The molecule has 2 heterocycles. The standard InChI is InChI=1S/C18H20N4/c19-11-14-5-7-15(8-6-14)21-10-9-16(12-21)22-13-20-17-3-1-2-4-18(17)22/h5-8,13,16H,1-4,9-10,12H2. The molecule has 1 aliphatic heterocycles. The van der Waals surface area contributed by atoms with E-state index in [0.717, 1.165) is 25.1 Å². The van der Waals surface area contributed by atoms with Crippen LogP contribution in [0, 0.1) is 11.3 Å². The van der Waals surface area contributed by atoms with Crippen LogP contribution in [0.25, 0.3) is 0 Å². The zero-order valence-electron chi connectivity index (χ0n) is 12.7. The number of fused-ring (bicyclic) bond motifs is 1. The number of aryl methyl sites for hydroxylation is 1. The first-order valence-electron chi connectivity index (χ1n) is 8.15. The molecular formula is C18H20N4. The largest absolute Gasteiger partial charge is 0.369 e. The summed E-state index contributed by atoms with van der Waals surface area (Å²) in [6.07, 6.45) is 8.14. The molecule has 112 valence electrons. The lowest BCUT2D eigenvalue weighted by atomic mass is 10.0. The Balaban J connectivity index is 1.52. The van der Waals surface area contributed by atoms with Gasteiger partial charge in [0.05, 0.1) is 29.7 Å². The van der Waals surface area contributed by atoms with Crippen molar-refractivity contribution >= 4 is 5.69 Å². The molecule has 4 heteroatoms. The molecule has 2 aromatic rings. The minimum absolute atomic E-state index is 0.532. The normalized spacial score (nSPS) is 20.7. The molecule has 0 amide bonds. The smallest absolute Gasteiger partial charge is 0.0991 e. The van der Waals surface area contributed by atoms with Crippen molar-refractivity contribution in [3.8, 4) is 6.07 Å². The van der Waals surface area contributed by atoms with Gasteiger partial charge in [0.2, 0.25) is 0 Å². The highest BCUT2D eigenvalue weighted by Crippen LogP contribution is 2.30. The SMILES string of the molecule is N#Cc1ccc(N2CCC(n3cnc4c3CCCC4)C2)cc1. The second-order valence-corrected chi connectivity index (χ2v) is 6.30. The Morgan fingerprint density at radius 3 is 2.77 bits per heavy atom. The van der Waals surface area contributed by atoms with Gasteiger partial charge in [0, 0.05) is 24.5 Å². The summed E-state index contributed by atoms with van der Waals surface area (Å²) in [6, 6.07) is 10.6. The van der Waals surface area contributed by atoms with Gasteiger partial charge in [0.15, 0.2) is 0 Å². The predicted molar refractivity (Wildman–Crippen MR) is 85.9 cm³/mol. The predicted octanol–water partition coefficient (Wildman–Crippen LogP) is 3.08. The van der Waals surface area contributed by atoms with Crippen LogP contribution in [0.15, 0.2) is 30.6 Å². The molecule has 1 fully saturated rings. The van der Waals surface area contributed by atoms with Crippen molar-refractivity contribution in [3.05, 3.63) is 47.5 Å². The van der Waals surface area contributed by atoms with Crippen molar-refractivity contribution in [3.63, 3.8) is 0 Å². The summed E-state index contributed by atoms with van der Waals surface area (Å²) in [6.45, 7) is 2.11. The first-order valence-corrected chi connectivity index (χ1v) is 8.15. The Kier molecular flexibility index (Phi) is 3.34. The maximum atomic E-state index is 8.90. The lowest BCUT2D eigenvalue weighted by Crippen LogP contribution is -2.21. The fourth-order valence-electron chi connectivity index (χ4n) is 3.76. The van der Waals surface area contributed by atoms with Gasteiger partial charge in [-0.1, -0.05) is 0 Å². The van der Waals surface area contributed by atoms with Crippen LogP contribution < -0.4 is 4.90 Å². The summed E-state index contributed by atoms with van der Waals surface area (Å²) in [4.78, 5) is 7.05. The highest BCUT2D eigenvalue weighted by atomic mass is 15.2. The van der Waals surface area contributed by atoms with Gasteiger partial charge in [-0.25, -0.2) is 4.98 Å². The number of benzene rings is 1.